The van der Waals surface area contributed by atoms with Crippen molar-refractivity contribution in [3.05, 3.63) is 89.1 Å². The number of aromatic carboxylic acids is 1. The largest absolute Gasteiger partial charge is 0.478 e. The number of benzene rings is 2. The molecule has 0 aliphatic carbocycles. The summed E-state index contributed by atoms with van der Waals surface area (Å²) in [5, 5.41) is 9.83. The van der Waals surface area contributed by atoms with E-state index in [-0.39, 0.29) is 22.1 Å². The number of rotatable bonds is 7. The van der Waals surface area contributed by atoms with E-state index in [4.69, 9.17) is 0 Å². The summed E-state index contributed by atoms with van der Waals surface area (Å²) in [6, 6.07) is 16.2. The molecule has 1 aromatic heterocycles. The van der Waals surface area contributed by atoms with E-state index in [0.29, 0.717) is 18.9 Å². The molecule has 0 bridgehead atoms. The summed E-state index contributed by atoms with van der Waals surface area (Å²) in [5.74, 6) is -0.558. The molecule has 182 valence electrons. The third-order valence-corrected chi connectivity index (χ3v) is 7.60. The summed E-state index contributed by atoms with van der Waals surface area (Å²) >= 11 is 0. The Morgan fingerprint density at radius 1 is 1.11 bits per heavy atom. The minimum absolute atomic E-state index is 0.0481. The second-order valence-corrected chi connectivity index (χ2v) is 10.7. The van der Waals surface area contributed by atoms with Gasteiger partial charge < -0.3 is 10.0 Å². The van der Waals surface area contributed by atoms with Gasteiger partial charge in [-0.05, 0) is 59.7 Å². The number of carbonyl (C=O) groups is 1. The van der Waals surface area contributed by atoms with E-state index in [2.05, 4.69) is 34.8 Å². The first kappa shape index (κ1) is 24.5. The molecule has 4 rings (SSSR count). The number of pyridine rings is 1. The lowest BCUT2D eigenvalue weighted by Crippen LogP contribution is -2.31. The second-order valence-electron chi connectivity index (χ2n) is 8.97. The molecule has 2 aromatic carbocycles. The minimum atomic E-state index is -3.88. The van der Waals surface area contributed by atoms with E-state index in [0.717, 1.165) is 12.0 Å². The summed E-state index contributed by atoms with van der Waals surface area (Å²) < 4.78 is 28.1. The number of carboxylic acids is 1. The van der Waals surface area contributed by atoms with Crippen molar-refractivity contribution in [2.75, 3.05) is 22.7 Å². The zero-order chi connectivity index (χ0) is 25.2. The van der Waals surface area contributed by atoms with Gasteiger partial charge in [-0.25, -0.2) is 18.2 Å². The molecule has 7 nitrogen and oxygen atoms in total. The summed E-state index contributed by atoms with van der Waals surface area (Å²) in [6.07, 6.45) is 4.21. The molecule has 3 aromatic rings. The standard InChI is InChI=1S/C27H29N3O4S/c1-18(2)20-8-10-23(11-9-20)35(33,34)29-22-16-25(27(31)32)26(28-17-22)30-14-12-21(13-15-30)24-7-5-4-6-19(24)3/h4-12,16-18,29H,13-15H2,1-3H3,(H,31,32). The van der Waals surface area contributed by atoms with Gasteiger partial charge in [0.15, 0.2) is 0 Å². The van der Waals surface area contributed by atoms with Crippen molar-refractivity contribution in [2.45, 2.75) is 38.0 Å². The van der Waals surface area contributed by atoms with Gasteiger partial charge in [-0.2, -0.15) is 0 Å². The molecule has 0 fully saturated rings. The molecule has 0 saturated heterocycles. The van der Waals surface area contributed by atoms with Crippen LogP contribution < -0.4 is 9.62 Å². The van der Waals surface area contributed by atoms with Crippen LogP contribution in [0.1, 0.15) is 53.2 Å². The van der Waals surface area contributed by atoms with Gasteiger partial charge in [-0.15, -0.1) is 0 Å². The molecule has 0 radical (unpaired) electrons. The zero-order valence-corrected chi connectivity index (χ0v) is 20.8. The Labute approximate surface area is 206 Å². The van der Waals surface area contributed by atoms with Crippen molar-refractivity contribution in [2.24, 2.45) is 0 Å². The van der Waals surface area contributed by atoms with E-state index in [1.165, 1.54) is 29.0 Å². The Morgan fingerprint density at radius 2 is 1.83 bits per heavy atom. The van der Waals surface area contributed by atoms with Gasteiger partial charge in [0.2, 0.25) is 0 Å². The molecule has 0 saturated carbocycles. The number of carboxylic acid groups (broad SMARTS) is 1. The van der Waals surface area contributed by atoms with Crippen molar-refractivity contribution in [3.8, 4) is 0 Å². The monoisotopic (exact) mass is 491 g/mol. The first-order chi connectivity index (χ1) is 16.7. The molecular formula is C27H29N3O4S. The SMILES string of the molecule is Cc1ccccc1C1=CCN(c2ncc(NS(=O)(=O)c3ccc(C(C)C)cc3)cc2C(=O)O)CC1. The number of hydrogen-bond donors (Lipinski definition) is 2. The highest BCUT2D eigenvalue weighted by molar-refractivity contribution is 7.92. The summed E-state index contributed by atoms with van der Waals surface area (Å²) in [4.78, 5) is 18.4. The number of aryl methyl sites for hydroxylation is 1. The van der Waals surface area contributed by atoms with Crippen LogP contribution in [0.2, 0.25) is 0 Å². The maximum absolute atomic E-state index is 12.8. The number of nitrogens with one attached hydrogen (secondary N) is 1. The highest BCUT2D eigenvalue weighted by atomic mass is 32.2. The number of hydrogen-bond acceptors (Lipinski definition) is 5. The average Bonchev–Trinajstić information content (AvgIpc) is 2.84. The van der Waals surface area contributed by atoms with Crippen LogP contribution in [-0.4, -0.2) is 37.6 Å². The minimum Gasteiger partial charge on any atom is -0.478 e. The highest BCUT2D eigenvalue weighted by Crippen LogP contribution is 2.30. The maximum atomic E-state index is 12.8. The van der Waals surface area contributed by atoms with Crippen molar-refractivity contribution in [1.29, 1.82) is 0 Å². The normalized spacial score (nSPS) is 14.1. The predicted molar refractivity (Wildman–Crippen MR) is 139 cm³/mol. The Kier molecular flexibility index (Phi) is 6.93. The van der Waals surface area contributed by atoms with Gasteiger partial charge in [-0.1, -0.05) is 56.3 Å². The number of nitrogens with zero attached hydrogens (tertiary/aromatic N) is 2. The lowest BCUT2D eigenvalue weighted by molar-refractivity contribution is 0.0697. The van der Waals surface area contributed by atoms with Crippen LogP contribution in [0, 0.1) is 6.92 Å². The lowest BCUT2D eigenvalue weighted by atomic mass is 9.95. The quantitative estimate of drug-likeness (QED) is 0.465. The summed E-state index contributed by atoms with van der Waals surface area (Å²) in [6.45, 7) is 7.27. The average molecular weight is 492 g/mol. The van der Waals surface area contributed by atoms with Crippen molar-refractivity contribution in [1.82, 2.24) is 4.98 Å². The number of anilines is 2. The summed E-state index contributed by atoms with van der Waals surface area (Å²) in [7, 11) is -3.88. The molecule has 0 amide bonds. The summed E-state index contributed by atoms with van der Waals surface area (Å²) in [5.41, 5.74) is 4.71. The van der Waals surface area contributed by atoms with Crippen LogP contribution >= 0.6 is 0 Å². The van der Waals surface area contributed by atoms with E-state index < -0.39 is 16.0 Å². The Morgan fingerprint density at radius 3 is 2.43 bits per heavy atom. The van der Waals surface area contributed by atoms with Crippen LogP contribution in [0.25, 0.3) is 5.57 Å². The molecule has 1 aliphatic heterocycles. The molecule has 2 N–H and O–H groups in total. The molecule has 0 unspecified atom stereocenters. The van der Waals surface area contributed by atoms with Gasteiger partial charge in [0.05, 0.1) is 16.8 Å². The van der Waals surface area contributed by atoms with Crippen LogP contribution in [0.5, 0.6) is 0 Å². The van der Waals surface area contributed by atoms with Gasteiger partial charge in [0.1, 0.15) is 11.4 Å². The maximum Gasteiger partial charge on any atom is 0.339 e. The van der Waals surface area contributed by atoms with Crippen molar-refractivity contribution in [3.63, 3.8) is 0 Å². The van der Waals surface area contributed by atoms with E-state index in [1.54, 1.807) is 24.3 Å². The predicted octanol–water partition coefficient (Wildman–Crippen LogP) is 5.31. The van der Waals surface area contributed by atoms with E-state index >= 15 is 0 Å². The van der Waals surface area contributed by atoms with E-state index in [9.17, 15) is 18.3 Å². The fraction of sp³-hybridized carbons (Fsp3) is 0.259. The Bertz CT molecular complexity index is 1380. The first-order valence-corrected chi connectivity index (χ1v) is 13.0. The number of aromatic nitrogens is 1. The van der Waals surface area contributed by atoms with Crippen LogP contribution in [0.3, 0.4) is 0 Å². The molecule has 1 aliphatic rings. The number of sulfonamides is 1. The molecular weight excluding hydrogens is 462 g/mol. The third kappa shape index (κ3) is 5.38. The Hall–Kier alpha value is -3.65. The highest BCUT2D eigenvalue weighted by Gasteiger charge is 2.23. The van der Waals surface area contributed by atoms with Crippen LogP contribution in [0.15, 0.2) is 71.8 Å². The fourth-order valence-corrected chi connectivity index (χ4v) is 5.24. The third-order valence-electron chi connectivity index (χ3n) is 6.21. The van der Waals surface area contributed by atoms with Gasteiger partial charge >= 0.3 is 5.97 Å². The zero-order valence-electron chi connectivity index (χ0n) is 20.0. The van der Waals surface area contributed by atoms with Crippen molar-refractivity contribution < 1.29 is 18.3 Å². The van der Waals surface area contributed by atoms with Gasteiger partial charge in [0, 0.05) is 13.1 Å². The van der Waals surface area contributed by atoms with Gasteiger partial charge in [0.25, 0.3) is 10.0 Å². The Balaban J connectivity index is 1.56. The second kappa shape index (κ2) is 9.92. The van der Waals surface area contributed by atoms with Gasteiger partial charge in [-0.3, -0.25) is 4.72 Å². The van der Waals surface area contributed by atoms with E-state index in [1.807, 2.05) is 30.9 Å². The molecule has 8 heteroatoms. The molecule has 2 heterocycles. The van der Waals surface area contributed by atoms with Crippen LogP contribution in [0.4, 0.5) is 11.5 Å². The topological polar surface area (TPSA) is 99.6 Å². The molecule has 35 heavy (non-hydrogen) atoms. The fourth-order valence-electron chi connectivity index (χ4n) is 4.21. The smallest absolute Gasteiger partial charge is 0.339 e. The molecule has 0 spiro atoms. The van der Waals surface area contributed by atoms with Crippen LogP contribution in [-0.2, 0) is 10.0 Å². The van der Waals surface area contributed by atoms with Crippen molar-refractivity contribution >= 4 is 33.1 Å². The molecule has 0 atom stereocenters. The lowest BCUT2D eigenvalue weighted by Gasteiger charge is -2.29. The first-order valence-electron chi connectivity index (χ1n) is 11.5.